The number of aliphatic hydroxyl groups excluding tert-OH is 8. The van der Waals surface area contributed by atoms with Crippen LogP contribution in [0.4, 0.5) is 0 Å². The molecule has 3 rings (SSSR count). The second-order valence-electron chi connectivity index (χ2n) is 10.9. The first-order valence-corrected chi connectivity index (χ1v) is 15.8. The van der Waals surface area contributed by atoms with Crippen molar-refractivity contribution in [3.05, 3.63) is 0 Å². The average molecular weight is 674 g/mol. The summed E-state index contributed by atoms with van der Waals surface area (Å²) in [6.45, 7) is 1.63. The summed E-state index contributed by atoms with van der Waals surface area (Å²) in [5.74, 6) is -1.61. The summed E-state index contributed by atoms with van der Waals surface area (Å²) in [6.07, 6.45) is -11.3. The molecular formula is C25H43N3O14S2. The van der Waals surface area contributed by atoms with E-state index in [0.29, 0.717) is 0 Å². The van der Waals surface area contributed by atoms with E-state index < -0.39 is 126 Å². The molecule has 0 aromatic heterocycles. The van der Waals surface area contributed by atoms with Crippen molar-refractivity contribution in [1.29, 1.82) is 0 Å². The zero-order valence-electron chi connectivity index (χ0n) is 24.6. The van der Waals surface area contributed by atoms with E-state index in [9.17, 15) is 55.2 Å². The number of nitrogens with one attached hydrogen (secondary N) is 2. The van der Waals surface area contributed by atoms with Gasteiger partial charge in [0.15, 0.2) is 6.29 Å². The first kappa shape index (κ1) is 37.1. The molecule has 10 N–H and O–H groups in total. The number of nitrogens with zero attached hydrogens (tertiary/aromatic N) is 1. The maximum Gasteiger partial charge on any atom is 0.219 e. The summed E-state index contributed by atoms with van der Waals surface area (Å²) in [6, 6.07) is -3.63. The molecule has 19 heteroatoms. The third kappa shape index (κ3) is 8.14. The lowest BCUT2D eigenvalue weighted by molar-refractivity contribution is -0.229. The molecule has 15 atom stereocenters. The predicted molar refractivity (Wildman–Crippen MR) is 154 cm³/mol. The van der Waals surface area contributed by atoms with Crippen LogP contribution in [-0.4, -0.2) is 179 Å². The highest BCUT2D eigenvalue weighted by Gasteiger charge is 2.54. The molecule has 3 fully saturated rings. The van der Waals surface area contributed by atoms with Gasteiger partial charge in [0, 0.05) is 27.8 Å². The monoisotopic (exact) mass is 673 g/mol. The molecule has 44 heavy (non-hydrogen) atoms. The largest absolute Gasteiger partial charge is 0.394 e. The number of aliphatic hydroxyl groups is 8. The van der Waals surface area contributed by atoms with E-state index in [0.717, 1.165) is 28.4 Å². The SMILES string of the molecule is CC(=O)N[C@@H]1[C@@H](O)[C@H](S[C@@H]2O[C@H](CO)[C@@H](O)[C@H](O)[C@H]2NC(C)=O)[C@@H](CO)O[C@H]1S[C@H]1[C@H](O)[C@@H](N(C)C(C)=O)[C@@H](O)O[C@@H]1CO. The highest BCUT2D eigenvalue weighted by Crippen LogP contribution is 2.42. The van der Waals surface area contributed by atoms with Crippen LogP contribution in [-0.2, 0) is 28.6 Å². The van der Waals surface area contributed by atoms with Crippen molar-refractivity contribution >= 4 is 41.2 Å². The van der Waals surface area contributed by atoms with E-state index in [1.807, 2.05) is 0 Å². The Kier molecular flexibility index (Phi) is 13.5. The Balaban J connectivity index is 1.91. The Morgan fingerprint density at radius 1 is 0.659 bits per heavy atom. The molecule has 254 valence electrons. The minimum atomic E-state index is -1.63. The summed E-state index contributed by atoms with van der Waals surface area (Å²) in [4.78, 5) is 37.2. The third-order valence-electron chi connectivity index (χ3n) is 7.84. The molecule has 3 amide bonds. The van der Waals surface area contributed by atoms with Crippen LogP contribution in [0.5, 0.6) is 0 Å². The Morgan fingerprint density at radius 2 is 1.09 bits per heavy atom. The van der Waals surface area contributed by atoms with Crippen LogP contribution in [0.3, 0.4) is 0 Å². The van der Waals surface area contributed by atoms with E-state index in [1.165, 1.54) is 27.8 Å². The van der Waals surface area contributed by atoms with Crippen LogP contribution in [0.15, 0.2) is 0 Å². The van der Waals surface area contributed by atoms with E-state index in [4.69, 9.17) is 14.2 Å². The lowest BCUT2D eigenvalue weighted by Crippen LogP contribution is -2.67. The van der Waals surface area contributed by atoms with Crippen LogP contribution >= 0.6 is 23.5 Å². The molecule has 0 spiro atoms. The fraction of sp³-hybridized carbons (Fsp3) is 0.880. The predicted octanol–water partition coefficient (Wildman–Crippen LogP) is -5.37. The van der Waals surface area contributed by atoms with E-state index >= 15 is 0 Å². The van der Waals surface area contributed by atoms with Gasteiger partial charge < -0.3 is 70.6 Å². The molecule has 0 bridgehead atoms. The quantitative estimate of drug-likeness (QED) is 0.104. The maximum atomic E-state index is 12.2. The molecular weight excluding hydrogens is 630 g/mol. The zero-order valence-corrected chi connectivity index (χ0v) is 26.2. The zero-order chi connectivity index (χ0) is 33.0. The normalized spacial score (nSPS) is 42.8. The summed E-state index contributed by atoms with van der Waals surface area (Å²) in [5.41, 5.74) is -2.33. The fourth-order valence-corrected chi connectivity index (χ4v) is 8.63. The van der Waals surface area contributed by atoms with Crippen LogP contribution in [0.1, 0.15) is 20.8 Å². The highest BCUT2D eigenvalue weighted by atomic mass is 32.2. The average Bonchev–Trinajstić information content (AvgIpc) is 2.96. The molecule has 0 aromatic rings. The first-order chi connectivity index (χ1) is 20.7. The van der Waals surface area contributed by atoms with E-state index in [-0.39, 0.29) is 0 Å². The van der Waals surface area contributed by atoms with Crippen LogP contribution in [0.2, 0.25) is 0 Å². The first-order valence-electron chi connectivity index (χ1n) is 13.9. The van der Waals surface area contributed by atoms with Crippen molar-refractivity contribution in [2.24, 2.45) is 0 Å². The molecule has 3 heterocycles. The number of likely N-dealkylation sites (N-methyl/N-ethyl adjacent to an activating group) is 1. The van der Waals surface area contributed by atoms with Crippen LogP contribution in [0, 0.1) is 0 Å². The minimum absolute atomic E-state index is 0.479. The van der Waals surface area contributed by atoms with Gasteiger partial charge in [0.05, 0.1) is 66.8 Å². The summed E-state index contributed by atoms with van der Waals surface area (Å²) >= 11 is 1.70. The Labute approximate surface area is 262 Å². The second-order valence-corrected chi connectivity index (χ2v) is 13.5. The number of carbonyl (C=O) groups is 3. The summed E-state index contributed by atoms with van der Waals surface area (Å²) in [5, 5.41) is 87.2. The van der Waals surface area contributed by atoms with Crippen LogP contribution < -0.4 is 10.6 Å². The van der Waals surface area contributed by atoms with Gasteiger partial charge in [0.2, 0.25) is 17.7 Å². The molecule has 0 radical (unpaired) electrons. The van der Waals surface area contributed by atoms with Gasteiger partial charge in [-0.25, -0.2) is 0 Å². The number of ether oxygens (including phenoxy) is 3. The van der Waals surface area contributed by atoms with Crippen molar-refractivity contribution in [1.82, 2.24) is 15.5 Å². The van der Waals surface area contributed by atoms with Crippen molar-refractivity contribution in [3.63, 3.8) is 0 Å². The van der Waals surface area contributed by atoms with Gasteiger partial charge >= 0.3 is 0 Å². The number of amides is 3. The molecule has 17 nitrogen and oxygen atoms in total. The van der Waals surface area contributed by atoms with Gasteiger partial charge in [-0.05, 0) is 0 Å². The molecule has 3 saturated heterocycles. The van der Waals surface area contributed by atoms with Gasteiger partial charge in [0.1, 0.15) is 35.2 Å². The number of rotatable bonds is 10. The minimum Gasteiger partial charge on any atom is -0.394 e. The van der Waals surface area contributed by atoms with Gasteiger partial charge in [-0.15, -0.1) is 23.5 Å². The molecule has 3 aliphatic rings. The fourth-order valence-electron chi connectivity index (χ4n) is 5.50. The smallest absolute Gasteiger partial charge is 0.219 e. The number of hydrogen-bond donors (Lipinski definition) is 10. The van der Waals surface area contributed by atoms with Crippen molar-refractivity contribution in [3.8, 4) is 0 Å². The highest BCUT2D eigenvalue weighted by molar-refractivity contribution is 8.01. The number of carbonyl (C=O) groups excluding carboxylic acids is 3. The van der Waals surface area contributed by atoms with Crippen molar-refractivity contribution in [2.45, 2.75) is 109 Å². The summed E-state index contributed by atoms with van der Waals surface area (Å²) in [7, 11) is 1.35. The third-order valence-corrected chi connectivity index (χ3v) is 11.0. The maximum absolute atomic E-state index is 12.2. The van der Waals surface area contributed by atoms with Crippen molar-refractivity contribution in [2.75, 3.05) is 26.9 Å². The van der Waals surface area contributed by atoms with Gasteiger partial charge in [-0.1, -0.05) is 0 Å². The lowest BCUT2D eigenvalue weighted by atomic mass is 9.98. The molecule has 0 unspecified atom stereocenters. The Morgan fingerprint density at radius 3 is 1.55 bits per heavy atom. The Bertz CT molecular complexity index is 1000. The summed E-state index contributed by atoms with van der Waals surface area (Å²) < 4.78 is 17.4. The Hall–Kier alpha value is -1.33. The molecule has 0 aliphatic carbocycles. The van der Waals surface area contributed by atoms with E-state index in [1.54, 1.807) is 0 Å². The number of hydrogen-bond acceptors (Lipinski definition) is 16. The molecule has 0 saturated carbocycles. The van der Waals surface area contributed by atoms with Gasteiger partial charge in [0.25, 0.3) is 0 Å². The molecule has 0 aromatic carbocycles. The van der Waals surface area contributed by atoms with Crippen molar-refractivity contribution < 1.29 is 69.4 Å². The standard InChI is InChI=1S/C25H43N3O14S2/c1-8(32)26-14-18(36)17(35)11(5-29)41-24(14)43-21-13(7-31)42-25(15(19(21)37)27-9(2)33)44-22-12(6-30)40-23(39)16(20(22)38)28(4)10(3)34/h11-25,29-31,35-39H,5-7H2,1-4H3,(H,26,32)(H,27,33)/t11-,12-,13-,14-,15-,16-,17-,18-,19-,20-,21-,22-,23+,24+,25+/m1/s1. The second kappa shape index (κ2) is 16.0. The van der Waals surface area contributed by atoms with E-state index in [2.05, 4.69) is 10.6 Å². The lowest BCUT2D eigenvalue weighted by Gasteiger charge is -2.50. The topological polar surface area (TPSA) is 268 Å². The van der Waals surface area contributed by atoms with Gasteiger partial charge in [-0.2, -0.15) is 0 Å². The number of thioether (sulfide) groups is 2. The van der Waals surface area contributed by atoms with Gasteiger partial charge in [-0.3, -0.25) is 14.4 Å². The molecule has 3 aliphatic heterocycles. The van der Waals surface area contributed by atoms with Crippen LogP contribution in [0.25, 0.3) is 0 Å².